The van der Waals surface area contributed by atoms with Crippen LogP contribution in [0, 0.1) is 0 Å². The van der Waals surface area contributed by atoms with Gasteiger partial charge in [-0.25, -0.2) is 33.6 Å². The summed E-state index contributed by atoms with van der Waals surface area (Å²) in [4.78, 5) is 118. The van der Waals surface area contributed by atoms with Crippen LogP contribution in [0.4, 0.5) is 33.6 Å². The monoisotopic (exact) mass is 2090 g/mol. The molecule has 10 unspecified atom stereocenters. The molecule has 14 heterocycles. The minimum Gasteiger partial charge on any atom is -0.444 e. The van der Waals surface area contributed by atoms with E-state index in [9.17, 15) is 33.6 Å². The largest absolute Gasteiger partial charge is 0.444 e. The molecule has 1 aromatic rings. The molecule has 14 fully saturated rings. The fourth-order valence-corrected chi connectivity index (χ4v) is 25.2. The Balaban J connectivity index is 0.000000194. The fourth-order valence-electron chi connectivity index (χ4n) is 25.2. The number of piperidine rings is 14. The highest BCUT2D eigenvalue weighted by Gasteiger charge is 2.47. The molecule has 12 atom stereocenters. The third kappa shape index (κ3) is 42.7. The number of rotatable bonds is 8. The Morgan fingerprint density at radius 3 is 0.839 bits per heavy atom. The first-order valence-corrected chi connectivity index (χ1v) is 59.8. The molecule has 0 radical (unpaired) electrons. The van der Waals surface area contributed by atoms with E-state index in [4.69, 9.17) is 33.2 Å². The molecule has 149 heavy (non-hydrogen) atoms. The molecule has 0 aliphatic carbocycles. The number of amides is 7. The van der Waals surface area contributed by atoms with Gasteiger partial charge >= 0.3 is 42.7 Å². The van der Waals surface area contributed by atoms with Gasteiger partial charge in [0.05, 0.1) is 0 Å². The standard InChI is InChI=1S/C23H36N2O2.2C17H32N2O2.4C16H30N2O2/c1-22(2,3)27-21(26)25-16-13-20(17-23(25,4)5)24-14-11-19(12-15-24)18-9-7-6-8-10-18;1-16(2,3)21-15(20)19-13-14(9-10-17(19,4)5)18-11-7-6-8-12-18;1-13-11-15(18-9-7-6-8-10-18)12-14(2)19(13)16(20)21-17(3,4)5;1-13-8-9-14(17-10-6-5-7-11-17)12-18(13)15(19)20-16(2,3)4;3*1-13-12-14(17-9-6-5-7-10-17)8-11-18(13)15(19)20-16(2,3)4/h6-10,19-20H,11-17H2,1-5H3;14H,6-13H2,1-5H3;13-15H,6-12H2,1-5H3;4*13-14H,5-12H2,1-4H3/t;;;;2*13-,14?;/m....10./s1. The summed E-state index contributed by atoms with van der Waals surface area (Å²) < 4.78 is 38.9. The van der Waals surface area contributed by atoms with Crippen molar-refractivity contribution in [2.45, 2.75) is 568 Å². The van der Waals surface area contributed by atoms with Gasteiger partial charge in [0.15, 0.2) is 0 Å². The van der Waals surface area contributed by atoms with Crippen molar-refractivity contribution in [3.63, 3.8) is 0 Å². The van der Waals surface area contributed by atoms with Crippen molar-refractivity contribution in [1.82, 2.24) is 68.6 Å². The third-order valence-corrected chi connectivity index (χ3v) is 33.0. The number of carbonyl (C=O) groups excluding carboxylic acids is 7. The molecular formula is C121H220N14O14. The number of likely N-dealkylation sites (tertiary alicyclic amines) is 14. The van der Waals surface area contributed by atoms with E-state index in [1.54, 1.807) is 0 Å². The first-order valence-electron chi connectivity index (χ1n) is 59.8. The summed E-state index contributed by atoms with van der Waals surface area (Å²) in [5.41, 5.74) is -1.68. The lowest BCUT2D eigenvalue weighted by Crippen LogP contribution is -2.59. The molecule has 28 nitrogen and oxygen atoms in total. The summed E-state index contributed by atoms with van der Waals surface area (Å²) in [6.45, 7) is 84.0. The Hall–Kier alpha value is -6.17. The lowest BCUT2D eigenvalue weighted by atomic mass is 9.84. The number of hydrogen-bond donors (Lipinski definition) is 0. The van der Waals surface area contributed by atoms with Crippen LogP contribution in [-0.4, -0.2) is 371 Å². The third-order valence-electron chi connectivity index (χ3n) is 33.0. The van der Waals surface area contributed by atoms with Crippen LogP contribution in [0.5, 0.6) is 0 Å². The normalized spacial score (nSPS) is 28.6. The van der Waals surface area contributed by atoms with Crippen LogP contribution in [0.25, 0.3) is 0 Å². The van der Waals surface area contributed by atoms with E-state index in [1.807, 2.05) is 180 Å². The van der Waals surface area contributed by atoms with Crippen LogP contribution < -0.4 is 0 Å². The van der Waals surface area contributed by atoms with Gasteiger partial charge in [-0.1, -0.05) is 68.9 Å². The topological polar surface area (TPSA) is 229 Å². The smallest absolute Gasteiger partial charge is 0.410 e. The highest BCUT2D eigenvalue weighted by molar-refractivity contribution is 5.72. The van der Waals surface area contributed by atoms with Crippen molar-refractivity contribution in [3.05, 3.63) is 35.9 Å². The Morgan fingerprint density at radius 2 is 0.517 bits per heavy atom. The zero-order valence-electron chi connectivity index (χ0n) is 101. The number of nitrogens with zero attached hydrogens (tertiary/aromatic N) is 14. The molecule has 0 saturated carbocycles. The van der Waals surface area contributed by atoms with Crippen LogP contribution >= 0.6 is 0 Å². The summed E-state index contributed by atoms with van der Waals surface area (Å²) in [6.07, 6.45) is 40.7. The Morgan fingerprint density at radius 1 is 0.242 bits per heavy atom. The van der Waals surface area contributed by atoms with E-state index in [-0.39, 0.29) is 83.9 Å². The second-order valence-electron chi connectivity index (χ2n) is 55.0. The number of ether oxygens (including phenoxy) is 7. The molecule has 858 valence electrons. The van der Waals surface area contributed by atoms with Gasteiger partial charge in [-0.2, -0.15) is 0 Å². The lowest BCUT2D eigenvalue weighted by Gasteiger charge is -2.49. The SMILES string of the molecule is CC(C)(C)OC(=O)N1CC(N2CCCCC2)CCC1(C)C.CC(C)(C)OC(=O)N1CCC(N2CCC(c3ccccc3)CC2)CC1(C)C.CC1CC(N2CCCCC2)CC(C)N1C(=O)OC(C)(C)C.CC1CC(N2CCCCC2)CCN1C(=O)OC(C)(C)C.CC1CCC(N2CCCCC2)CN1C(=O)OC(C)(C)C.C[C@@H]1CC(N2CCCCC2)CCN1C(=O)OC(C)(C)C.C[C@H]1CC(N2CCCCC2)CCN1C(=O)OC(C)(C)C. The number of hydrogen-bond acceptors (Lipinski definition) is 21. The molecule has 7 amide bonds. The van der Waals surface area contributed by atoms with Gasteiger partial charge in [-0.15, -0.1) is 0 Å². The fraction of sp³-hybridized carbons (Fsp3) is 0.893. The van der Waals surface area contributed by atoms with Crippen molar-refractivity contribution in [1.29, 1.82) is 0 Å². The first kappa shape index (κ1) is 126. The average molecular weight is 2100 g/mol. The van der Waals surface area contributed by atoms with Crippen LogP contribution in [0.1, 0.15) is 444 Å². The van der Waals surface area contributed by atoms with Crippen molar-refractivity contribution >= 4 is 42.7 Å². The minimum atomic E-state index is -0.441. The van der Waals surface area contributed by atoms with Crippen LogP contribution in [0.2, 0.25) is 0 Å². The molecule has 0 aromatic heterocycles. The lowest BCUT2D eigenvalue weighted by molar-refractivity contribution is -0.0269. The van der Waals surface area contributed by atoms with Gasteiger partial charge < -0.3 is 92.0 Å². The number of benzene rings is 1. The molecule has 0 N–H and O–H groups in total. The van der Waals surface area contributed by atoms with Gasteiger partial charge in [0, 0.05) is 129 Å². The molecule has 15 rings (SSSR count). The van der Waals surface area contributed by atoms with Crippen LogP contribution in [-0.2, 0) is 33.2 Å². The van der Waals surface area contributed by atoms with E-state index in [0.29, 0.717) is 54.3 Å². The second kappa shape index (κ2) is 57.2. The van der Waals surface area contributed by atoms with E-state index >= 15 is 0 Å². The van der Waals surface area contributed by atoms with Crippen LogP contribution in [0.15, 0.2) is 30.3 Å². The van der Waals surface area contributed by atoms with E-state index in [2.05, 4.69) is 134 Å². The van der Waals surface area contributed by atoms with Crippen molar-refractivity contribution in [3.8, 4) is 0 Å². The quantitative estimate of drug-likeness (QED) is 0.220. The van der Waals surface area contributed by atoms with Crippen molar-refractivity contribution in [2.24, 2.45) is 0 Å². The maximum absolute atomic E-state index is 12.6. The Kier molecular flexibility index (Phi) is 48.5. The van der Waals surface area contributed by atoms with Gasteiger partial charge in [0.1, 0.15) is 39.2 Å². The number of carbonyl (C=O) groups is 7. The zero-order chi connectivity index (χ0) is 110. The summed E-state index contributed by atoms with van der Waals surface area (Å²) in [7, 11) is 0. The summed E-state index contributed by atoms with van der Waals surface area (Å²) >= 11 is 0. The van der Waals surface area contributed by atoms with Gasteiger partial charge in [0.2, 0.25) is 0 Å². The Labute approximate surface area is 907 Å². The molecule has 0 spiro atoms. The molecule has 14 aliphatic heterocycles. The molecule has 0 bridgehead atoms. The van der Waals surface area contributed by atoms with Gasteiger partial charge in [-0.3, -0.25) is 9.80 Å². The highest BCUT2D eigenvalue weighted by Crippen LogP contribution is 2.40. The Bertz CT molecular complexity index is 3950. The van der Waals surface area contributed by atoms with Crippen molar-refractivity contribution in [2.75, 3.05) is 131 Å². The van der Waals surface area contributed by atoms with E-state index < -0.39 is 39.2 Å². The molecular weight excluding hydrogens is 1870 g/mol. The molecule has 14 saturated heterocycles. The summed E-state index contributed by atoms with van der Waals surface area (Å²) in [5.74, 6) is 0.692. The van der Waals surface area contributed by atoms with Gasteiger partial charge in [-0.05, 0) is 498 Å². The molecule has 1 aromatic carbocycles. The zero-order valence-corrected chi connectivity index (χ0v) is 101. The molecule has 14 aliphatic rings. The van der Waals surface area contributed by atoms with Crippen LogP contribution in [0.3, 0.4) is 0 Å². The molecule has 28 heteroatoms. The van der Waals surface area contributed by atoms with Crippen molar-refractivity contribution < 1.29 is 66.7 Å². The first-order chi connectivity index (χ1) is 69.6. The maximum atomic E-state index is 12.6. The summed E-state index contributed by atoms with van der Waals surface area (Å²) in [5, 5.41) is 0. The second-order valence-corrected chi connectivity index (χ2v) is 55.0. The predicted octanol–water partition coefficient (Wildman–Crippen LogP) is 25.4. The van der Waals surface area contributed by atoms with E-state index in [0.717, 1.165) is 129 Å². The average Bonchev–Trinajstić information content (AvgIpc) is 0.787. The highest BCUT2D eigenvalue weighted by atomic mass is 16.6. The minimum absolute atomic E-state index is 0.103. The maximum Gasteiger partial charge on any atom is 0.410 e. The van der Waals surface area contributed by atoms with E-state index in [1.165, 1.54) is 225 Å². The van der Waals surface area contributed by atoms with Gasteiger partial charge in [0.25, 0.3) is 0 Å². The predicted molar refractivity (Wildman–Crippen MR) is 604 cm³/mol. The summed E-state index contributed by atoms with van der Waals surface area (Å²) in [6, 6.07) is 16.8.